The normalized spacial score (nSPS) is 12.5. The van der Waals surface area contributed by atoms with Crippen molar-refractivity contribution in [3.05, 3.63) is 64.7 Å². The Bertz CT molecular complexity index is 937. The van der Waals surface area contributed by atoms with Crippen molar-refractivity contribution in [1.29, 1.82) is 0 Å². The van der Waals surface area contributed by atoms with Gasteiger partial charge >= 0.3 is 0 Å². The van der Waals surface area contributed by atoms with Crippen molar-refractivity contribution in [1.82, 2.24) is 10.2 Å². The molecule has 6 heteroatoms. The molecule has 158 valence electrons. The van der Waals surface area contributed by atoms with Crippen LogP contribution in [0.25, 0.3) is 0 Å². The van der Waals surface area contributed by atoms with E-state index >= 15 is 0 Å². The number of carbonyl (C=O) groups excluding carboxylic acids is 3. The molecular weight excluding hydrogens is 378 g/mol. The number of aryl methyl sites for hydroxylation is 2. The van der Waals surface area contributed by atoms with E-state index in [-0.39, 0.29) is 30.4 Å². The molecule has 0 unspecified atom stereocenters. The summed E-state index contributed by atoms with van der Waals surface area (Å²) >= 11 is 0. The lowest BCUT2D eigenvalue weighted by Crippen LogP contribution is -2.27. The summed E-state index contributed by atoms with van der Waals surface area (Å²) < 4.78 is 0. The first kappa shape index (κ1) is 21.7. The Morgan fingerprint density at radius 3 is 2.53 bits per heavy atom. The second kappa shape index (κ2) is 10.2. The van der Waals surface area contributed by atoms with Crippen LogP contribution >= 0.6 is 0 Å². The molecule has 0 aromatic heterocycles. The average Bonchev–Trinajstić information content (AvgIpc) is 3.18. The van der Waals surface area contributed by atoms with E-state index in [0.29, 0.717) is 24.3 Å². The zero-order valence-electron chi connectivity index (χ0n) is 17.7. The fraction of sp³-hybridized carbons (Fsp3) is 0.375. The number of rotatable bonds is 9. The number of nitrogens with one attached hydrogen (secondary N) is 2. The van der Waals surface area contributed by atoms with E-state index in [4.69, 9.17) is 0 Å². The second-order valence-corrected chi connectivity index (χ2v) is 8.02. The molecular formula is C24H29N3O3. The Balaban J connectivity index is 1.45. The molecule has 0 fully saturated rings. The first-order chi connectivity index (χ1) is 14.4. The number of Topliss-reactive ketones (excluding diaryl/α,β-unsaturated/α-hetero) is 1. The maximum absolute atomic E-state index is 12.4. The van der Waals surface area contributed by atoms with E-state index in [2.05, 4.69) is 10.6 Å². The van der Waals surface area contributed by atoms with E-state index in [9.17, 15) is 14.4 Å². The van der Waals surface area contributed by atoms with Gasteiger partial charge in [0.25, 0.3) is 0 Å². The van der Waals surface area contributed by atoms with E-state index < -0.39 is 0 Å². The first-order valence-electron chi connectivity index (χ1n) is 10.4. The van der Waals surface area contributed by atoms with Crippen LogP contribution in [-0.4, -0.2) is 43.1 Å². The maximum Gasteiger partial charge on any atom is 0.238 e. The second-order valence-electron chi connectivity index (χ2n) is 8.02. The quantitative estimate of drug-likeness (QED) is 0.627. The summed E-state index contributed by atoms with van der Waals surface area (Å²) in [5.74, 6) is -0.247. The zero-order valence-corrected chi connectivity index (χ0v) is 17.7. The molecule has 2 N–H and O–H groups in total. The molecule has 0 saturated heterocycles. The van der Waals surface area contributed by atoms with Crippen LogP contribution in [0.15, 0.2) is 42.5 Å². The van der Waals surface area contributed by atoms with Crippen molar-refractivity contribution in [3.63, 3.8) is 0 Å². The van der Waals surface area contributed by atoms with E-state index in [0.717, 1.165) is 24.8 Å². The van der Waals surface area contributed by atoms with Crippen LogP contribution in [0, 0.1) is 0 Å². The van der Waals surface area contributed by atoms with Gasteiger partial charge in [-0.15, -0.1) is 0 Å². The lowest BCUT2D eigenvalue weighted by atomic mass is 10.0. The summed E-state index contributed by atoms with van der Waals surface area (Å²) in [4.78, 5) is 38.3. The van der Waals surface area contributed by atoms with Gasteiger partial charge < -0.3 is 15.5 Å². The highest BCUT2D eigenvalue weighted by atomic mass is 16.2. The van der Waals surface area contributed by atoms with Gasteiger partial charge in [-0.05, 0) is 68.2 Å². The van der Waals surface area contributed by atoms with Gasteiger partial charge in [-0.1, -0.05) is 24.3 Å². The molecule has 2 aromatic rings. The molecule has 6 nitrogen and oxygen atoms in total. The molecule has 3 rings (SSSR count). The maximum atomic E-state index is 12.4. The molecule has 1 aliphatic carbocycles. The van der Waals surface area contributed by atoms with Gasteiger partial charge in [-0.2, -0.15) is 0 Å². The molecule has 0 radical (unpaired) electrons. The van der Waals surface area contributed by atoms with Crippen LogP contribution in [0.4, 0.5) is 5.69 Å². The summed E-state index contributed by atoms with van der Waals surface area (Å²) in [6, 6.07) is 13.3. The number of fused-ring (bicyclic) bond motifs is 1. The first-order valence-corrected chi connectivity index (χ1v) is 10.4. The smallest absolute Gasteiger partial charge is 0.238 e. The average molecular weight is 408 g/mol. The molecule has 30 heavy (non-hydrogen) atoms. The number of carbonyl (C=O) groups is 3. The molecule has 0 atom stereocenters. The Labute approximate surface area is 177 Å². The molecule has 2 amide bonds. The highest BCUT2D eigenvalue weighted by Gasteiger charge is 2.15. The fourth-order valence-corrected chi connectivity index (χ4v) is 3.65. The summed E-state index contributed by atoms with van der Waals surface area (Å²) in [6.07, 6.45) is 3.63. The van der Waals surface area contributed by atoms with Crippen molar-refractivity contribution in [2.45, 2.75) is 38.6 Å². The number of amides is 2. The number of likely N-dealkylation sites (N-methyl/N-ethyl adjacent to an activating group) is 1. The molecule has 2 aromatic carbocycles. The molecule has 1 aliphatic rings. The van der Waals surface area contributed by atoms with Gasteiger partial charge in [0.05, 0.1) is 6.54 Å². The van der Waals surface area contributed by atoms with Gasteiger partial charge in [0.15, 0.2) is 5.78 Å². The van der Waals surface area contributed by atoms with Crippen molar-refractivity contribution in [2.24, 2.45) is 0 Å². The number of anilines is 1. The standard InChI is InChI=1S/C24H29N3O3/c1-27(2)16-24(30)26-21-8-3-5-17(13-21)15-25-23(29)12-11-22(28)20-10-9-18-6-4-7-19(18)14-20/h3,5,8-10,13-14H,4,6-7,11-12,15-16H2,1-2H3,(H,25,29)(H,26,30). The van der Waals surface area contributed by atoms with Gasteiger partial charge in [0.1, 0.15) is 0 Å². The van der Waals surface area contributed by atoms with Crippen molar-refractivity contribution < 1.29 is 14.4 Å². The molecule has 0 saturated carbocycles. The monoisotopic (exact) mass is 407 g/mol. The Morgan fingerprint density at radius 1 is 0.933 bits per heavy atom. The van der Waals surface area contributed by atoms with Gasteiger partial charge in [-0.25, -0.2) is 0 Å². The van der Waals surface area contributed by atoms with Crippen LogP contribution in [0.1, 0.15) is 46.3 Å². The molecule has 0 aliphatic heterocycles. The molecule has 0 heterocycles. The Hall–Kier alpha value is -2.99. The highest BCUT2D eigenvalue weighted by molar-refractivity contribution is 5.98. The minimum atomic E-state index is -0.161. The minimum Gasteiger partial charge on any atom is -0.352 e. The number of hydrogen-bond acceptors (Lipinski definition) is 4. The van der Waals surface area contributed by atoms with Crippen LogP contribution in [0.5, 0.6) is 0 Å². The number of hydrogen-bond donors (Lipinski definition) is 2. The summed E-state index contributed by atoms with van der Waals surface area (Å²) in [6.45, 7) is 0.655. The fourth-order valence-electron chi connectivity index (χ4n) is 3.65. The van der Waals surface area contributed by atoms with Gasteiger partial charge in [0.2, 0.25) is 11.8 Å². The van der Waals surface area contributed by atoms with Crippen molar-refractivity contribution in [2.75, 3.05) is 26.0 Å². The van der Waals surface area contributed by atoms with E-state index in [1.165, 1.54) is 11.1 Å². The number of ketones is 1. The van der Waals surface area contributed by atoms with Crippen LogP contribution in [-0.2, 0) is 29.0 Å². The third kappa shape index (κ3) is 6.26. The zero-order chi connectivity index (χ0) is 21.5. The van der Waals surface area contributed by atoms with Gasteiger partial charge in [0, 0.05) is 30.6 Å². The van der Waals surface area contributed by atoms with Crippen molar-refractivity contribution in [3.8, 4) is 0 Å². The van der Waals surface area contributed by atoms with E-state index in [1.807, 2.05) is 56.6 Å². The molecule has 0 spiro atoms. The third-order valence-electron chi connectivity index (χ3n) is 5.16. The molecule has 0 bridgehead atoms. The number of nitrogens with zero attached hydrogens (tertiary/aromatic N) is 1. The predicted molar refractivity (Wildman–Crippen MR) is 118 cm³/mol. The predicted octanol–water partition coefficient (Wildman–Crippen LogP) is 2.95. The SMILES string of the molecule is CN(C)CC(=O)Nc1cccc(CNC(=O)CCC(=O)c2ccc3c(c2)CCC3)c1. The lowest BCUT2D eigenvalue weighted by molar-refractivity contribution is -0.121. The van der Waals surface area contributed by atoms with Gasteiger partial charge in [-0.3, -0.25) is 14.4 Å². The van der Waals surface area contributed by atoms with Crippen LogP contribution < -0.4 is 10.6 Å². The minimum absolute atomic E-state index is 0.00505. The van der Waals surface area contributed by atoms with E-state index in [1.54, 1.807) is 4.90 Å². The summed E-state index contributed by atoms with van der Waals surface area (Å²) in [7, 11) is 3.67. The largest absolute Gasteiger partial charge is 0.352 e. The topological polar surface area (TPSA) is 78.5 Å². The van der Waals surface area contributed by atoms with Crippen molar-refractivity contribution >= 4 is 23.3 Å². The summed E-state index contributed by atoms with van der Waals surface area (Å²) in [5.41, 5.74) is 4.88. The highest BCUT2D eigenvalue weighted by Crippen LogP contribution is 2.23. The number of benzene rings is 2. The third-order valence-corrected chi connectivity index (χ3v) is 5.16. The van der Waals surface area contributed by atoms with Crippen LogP contribution in [0.3, 0.4) is 0 Å². The Morgan fingerprint density at radius 2 is 1.73 bits per heavy atom. The Kier molecular flexibility index (Phi) is 7.36. The lowest BCUT2D eigenvalue weighted by Gasteiger charge is -2.11. The van der Waals surface area contributed by atoms with Crippen LogP contribution in [0.2, 0.25) is 0 Å². The summed E-state index contributed by atoms with van der Waals surface area (Å²) in [5, 5.41) is 5.69.